The molecular formula is C16H31N3O2. The third kappa shape index (κ3) is 4.94. The van der Waals surface area contributed by atoms with Crippen LogP contribution in [0.5, 0.6) is 0 Å². The first-order valence-electron chi connectivity index (χ1n) is 8.35. The molecule has 1 amide bonds. The molecule has 5 heteroatoms. The summed E-state index contributed by atoms with van der Waals surface area (Å²) in [6.45, 7) is 7.94. The molecule has 0 spiro atoms. The van der Waals surface area contributed by atoms with Crippen LogP contribution in [0, 0.1) is 11.8 Å². The molecule has 2 heterocycles. The van der Waals surface area contributed by atoms with E-state index in [9.17, 15) is 4.79 Å². The molecular weight excluding hydrogens is 266 g/mol. The summed E-state index contributed by atoms with van der Waals surface area (Å²) < 4.78 is 4.99. The average molecular weight is 297 g/mol. The van der Waals surface area contributed by atoms with Crippen molar-refractivity contribution in [2.24, 2.45) is 17.6 Å². The Hall–Kier alpha value is -0.650. The van der Waals surface area contributed by atoms with Crippen LogP contribution in [0.2, 0.25) is 0 Å². The number of nitrogens with zero attached hydrogens (tertiary/aromatic N) is 2. The fourth-order valence-corrected chi connectivity index (χ4v) is 3.51. The highest BCUT2D eigenvalue weighted by Gasteiger charge is 2.28. The molecule has 2 atom stereocenters. The van der Waals surface area contributed by atoms with Crippen LogP contribution in [-0.4, -0.2) is 68.2 Å². The number of hydrogen-bond donors (Lipinski definition) is 1. The second-order valence-corrected chi connectivity index (χ2v) is 6.84. The predicted octanol–water partition coefficient (Wildman–Crippen LogP) is 0.931. The van der Waals surface area contributed by atoms with Crippen molar-refractivity contribution in [3.63, 3.8) is 0 Å². The monoisotopic (exact) mass is 297 g/mol. The first-order valence-corrected chi connectivity index (χ1v) is 8.35. The molecule has 0 aromatic carbocycles. The van der Waals surface area contributed by atoms with Gasteiger partial charge in [0.15, 0.2) is 0 Å². The Morgan fingerprint density at radius 1 is 1.29 bits per heavy atom. The van der Waals surface area contributed by atoms with E-state index < -0.39 is 6.04 Å². The highest BCUT2D eigenvalue weighted by molar-refractivity contribution is 5.81. The van der Waals surface area contributed by atoms with Crippen molar-refractivity contribution in [1.29, 1.82) is 0 Å². The molecule has 2 rings (SSSR count). The molecule has 2 aliphatic heterocycles. The smallest absolute Gasteiger partial charge is 0.241 e. The van der Waals surface area contributed by atoms with E-state index in [4.69, 9.17) is 10.5 Å². The minimum Gasteiger partial charge on any atom is -0.383 e. The van der Waals surface area contributed by atoms with Gasteiger partial charge < -0.3 is 20.3 Å². The molecule has 0 bridgehead atoms. The molecule has 5 nitrogen and oxygen atoms in total. The number of nitrogens with two attached hydrogens (primary N) is 1. The van der Waals surface area contributed by atoms with E-state index in [0.717, 1.165) is 32.0 Å². The van der Waals surface area contributed by atoms with Gasteiger partial charge in [0.2, 0.25) is 5.91 Å². The van der Waals surface area contributed by atoms with Gasteiger partial charge in [0.25, 0.3) is 0 Å². The Kier molecular flexibility index (Phi) is 6.45. The normalized spacial score (nSPS) is 26.8. The third-order valence-corrected chi connectivity index (χ3v) is 4.89. The second kappa shape index (κ2) is 8.11. The van der Waals surface area contributed by atoms with Crippen molar-refractivity contribution in [3.05, 3.63) is 0 Å². The van der Waals surface area contributed by atoms with Crippen molar-refractivity contribution < 1.29 is 9.53 Å². The number of hydrogen-bond acceptors (Lipinski definition) is 4. The van der Waals surface area contributed by atoms with E-state index in [1.54, 1.807) is 7.11 Å². The molecule has 0 aromatic heterocycles. The summed E-state index contributed by atoms with van der Waals surface area (Å²) in [7, 11) is 1.59. The molecule has 2 unspecified atom stereocenters. The highest BCUT2D eigenvalue weighted by Crippen LogP contribution is 2.22. The first kappa shape index (κ1) is 16.7. The Labute approximate surface area is 128 Å². The maximum absolute atomic E-state index is 12.3. The summed E-state index contributed by atoms with van der Waals surface area (Å²) in [6.07, 6.45) is 4.96. The molecule has 2 saturated heterocycles. The van der Waals surface area contributed by atoms with Crippen LogP contribution in [0.25, 0.3) is 0 Å². The van der Waals surface area contributed by atoms with Crippen molar-refractivity contribution in [2.45, 2.75) is 38.6 Å². The van der Waals surface area contributed by atoms with Gasteiger partial charge in [-0.25, -0.2) is 0 Å². The summed E-state index contributed by atoms with van der Waals surface area (Å²) in [5, 5.41) is 0. The minimum atomic E-state index is -0.510. The van der Waals surface area contributed by atoms with Crippen LogP contribution in [-0.2, 0) is 9.53 Å². The van der Waals surface area contributed by atoms with Crippen molar-refractivity contribution in [2.75, 3.05) is 46.4 Å². The number of carbonyl (C=O) groups excluding carboxylic acids is 1. The van der Waals surface area contributed by atoms with Crippen LogP contribution in [0.4, 0.5) is 0 Å². The van der Waals surface area contributed by atoms with Crippen LogP contribution < -0.4 is 5.73 Å². The summed E-state index contributed by atoms with van der Waals surface area (Å²) in [5.41, 5.74) is 5.88. The average Bonchev–Trinajstić information content (AvgIpc) is 2.49. The molecule has 2 N–H and O–H groups in total. The predicted molar refractivity (Wildman–Crippen MR) is 84.0 cm³/mol. The first-order chi connectivity index (χ1) is 10.1. The van der Waals surface area contributed by atoms with Gasteiger partial charge >= 0.3 is 0 Å². The lowest BCUT2D eigenvalue weighted by atomic mass is 9.94. The Bertz CT molecular complexity index is 329. The highest BCUT2D eigenvalue weighted by atomic mass is 16.5. The quantitative estimate of drug-likeness (QED) is 0.820. The number of rotatable bonds is 5. The largest absolute Gasteiger partial charge is 0.383 e. The van der Waals surface area contributed by atoms with Crippen LogP contribution in [0.3, 0.4) is 0 Å². The molecule has 0 radical (unpaired) electrons. The minimum absolute atomic E-state index is 0.0498. The molecule has 0 aromatic rings. The van der Waals surface area contributed by atoms with E-state index in [1.165, 1.54) is 32.4 Å². The van der Waals surface area contributed by atoms with Crippen LogP contribution >= 0.6 is 0 Å². The van der Waals surface area contributed by atoms with Crippen molar-refractivity contribution in [3.8, 4) is 0 Å². The van der Waals surface area contributed by atoms with Gasteiger partial charge in [0.1, 0.15) is 6.04 Å². The fourth-order valence-electron chi connectivity index (χ4n) is 3.51. The van der Waals surface area contributed by atoms with Gasteiger partial charge in [-0.1, -0.05) is 6.92 Å². The Balaban J connectivity index is 1.79. The van der Waals surface area contributed by atoms with Gasteiger partial charge in [0, 0.05) is 26.7 Å². The standard InChI is InChI=1S/C16H31N3O2/c1-13-5-8-18(9-6-13)10-14-4-3-7-19(11-14)16(20)15(17)12-21-2/h13-15H,3-12,17H2,1-2H3. The molecule has 2 aliphatic rings. The van der Waals surface area contributed by atoms with Gasteiger partial charge in [-0.2, -0.15) is 0 Å². The van der Waals surface area contributed by atoms with Crippen molar-refractivity contribution >= 4 is 5.91 Å². The third-order valence-electron chi connectivity index (χ3n) is 4.89. The van der Waals surface area contributed by atoms with E-state index in [1.807, 2.05) is 4.90 Å². The summed E-state index contributed by atoms with van der Waals surface area (Å²) in [4.78, 5) is 16.8. The number of likely N-dealkylation sites (tertiary alicyclic amines) is 2. The summed E-state index contributed by atoms with van der Waals surface area (Å²) in [6, 6.07) is -0.510. The molecule has 2 fully saturated rings. The van der Waals surface area contributed by atoms with E-state index in [0.29, 0.717) is 12.5 Å². The Morgan fingerprint density at radius 3 is 2.67 bits per heavy atom. The number of methoxy groups -OCH3 is 1. The molecule has 0 saturated carbocycles. The number of piperidine rings is 2. The van der Waals surface area contributed by atoms with Crippen LogP contribution in [0.1, 0.15) is 32.6 Å². The molecule has 122 valence electrons. The Morgan fingerprint density at radius 2 is 2.00 bits per heavy atom. The molecule has 21 heavy (non-hydrogen) atoms. The van der Waals surface area contributed by atoms with E-state index >= 15 is 0 Å². The van der Waals surface area contributed by atoms with E-state index in [-0.39, 0.29) is 5.91 Å². The number of ether oxygens (including phenoxy) is 1. The second-order valence-electron chi connectivity index (χ2n) is 6.84. The van der Waals surface area contributed by atoms with Gasteiger partial charge in [0.05, 0.1) is 6.61 Å². The van der Waals surface area contributed by atoms with E-state index in [2.05, 4.69) is 11.8 Å². The zero-order chi connectivity index (χ0) is 15.2. The lowest BCUT2D eigenvalue weighted by Gasteiger charge is -2.38. The lowest BCUT2D eigenvalue weighted by Crippen LogP contribution is -2.51. The number of carbonyl (C=O) groups is 1. The SMILES string of the molecule is COCC(N)C(=O)N1CCCC(CN2CCC(C)CC2)C1. The number of amides is 1. The van der Waals surface area contributed by atoms with Crippen molar-refractivity contribution in [1.82, 2.24) is 9.80 Å². The van der Waals surface area contributed by atoms with Gasteiger partial charge in [-0.15, -0.1) is 0 Å². The zero-order valence-corrected chi connectivity index (χ0v) is 13.6. The topological polar surface area (TPSA) is 58.8 Å². The maximum Gasteiger partial charge on any atom is 0.241 e. The lowest BCUT2D eigenvalue weighted by molar-refractivity contribution is -0.135. The van der Waals surface area contributed by atoms with Crippen LogP contribution in [0.15, 0.2) is 0 Å². The maximum atomic E-state index is 12.3. The summed E-state index contributed by atoms with van der Waals surface area (Å²) >= 11 is 0. The van der Waals surface area contributed by atoms with Gasteiger partial charge in [-0.3, -0.25) is 4.79 Å². The summed E-state index contributed by atoms with van der Waals surface area (Å²) in [5.74, 6) is 1.53. The molecule has 0 aliphatic carbocycles. The van der Waals surface area contributed by atoms with Gasteiger partial charge in [-0.05, 0) is 50.6 Å². The zero-order valence-electron chi connectivity index (χ0n) is 13.6. The fraction of sp³-hybridized carbons (Fsp3) is 0.938.